The molecule has 8 heteroatoms. The number of aromatic nitrogens is 5. The lowest BCUT2D eigenvalue weighted by Gasteiger charge is -1.96. The third-order valence-corrected chi connectivity index (χ3v) is 2.02. The first-order valence-corrected chi connectivity index (χ1v) is 4.61. The predicted molar refractivity (Wildman–Crippen MR) is 51.3 cm³/mol. The van der Waals surface area contributed by atoms with Crippen LogP contribution in [0.4, 0.5) is 0 Å². The van der Waals surface area contributed by atoms with Gasteiger partial charge >= 0.3 is 0 Å². The minimum absolute atomic E-state index is 0.0139. The predicted octanol–water partition coefficient (Wildman–Crippen LogP) is -0.265. The number of nitrogens with one attached hydrogen (secondary N) is 2. The lowest BCUT2D eigenvalue weighted by Crippen LogP contribution is -2.24. The molecule has 0 unspecified atom stereocenters. The van der Waals surface area contributed by atoms with Crippen LogP contribution in [0.25, 0.3) is 0 Å². The highest BCUT2D eigenvalue weighted by atomic mass is 16.4. The lowest BCUT2D eigenvalue weighted by molar-refractivity contribution is 0.0936. The van der Waals surface area contributed by atoms with E-state index in [9.17, 15) is 4.79 Å². The number of rotatable bonds is 3. The Labute approximate surface area is 90.4 Å². The first kappa shape index (κ1) is 10.3. The topological polar surface area (TPSA) is 110 Å². The summed E-state index contributed by atoms with van der Waals surface area (Å²) in [5.74, 6) is 0.748. The zero-order valence-electron chi connectivity index (χ0n) is 8.81. The molecule has 0 aromatic carbocycles. The van der Waals surface area contributed by atoms with E-state index in [-0.39, 0.29) is 12.4 Å². The maximum atomic E-state index is 11.4. The summed E-state index contributed by atoms with van der Waals surface area (Å²) in [5.41, 5.74) is 0.809. The number of nitrogens with zero attached hydrogens (tertiary/aromatic N) is 4. The van der Waals surface area contributed by atoms with Crippen LogP contribution in [0.3, 0.4) is 0 Å². The van der Waals surface area contributed by atoms with Gasteiger partial charge in [0.15, 0.2) is 0 Å². The van der Waals surface area contributed by atoms with Crippen molar-refractivity contribution in [1.82, 2.24) is 30.9 Å². The smallest absolute Gasteiger partial charge is 0.293 e. The van der Waals surface area contributed by atoms with Crippen LogP contribution in [0.15, 0.2) is 4.42 Å². The van der Waals surface area contributed by atoms with Crippen molar-refractivity contribution in [3.63, 3.8) is 0 Å². The Morgan fingerprint density at radius 1 is 1.50 bits per heavy atom. The van der Waals surface area contributed by atoms with Crippen molar-refractivity contribution >= 4 is 5.91 Å². The SMILES string of the molecule is Cc1nc(CNC(=O)c2nn[nH]n2)oc1C. The highest BCUT2D eigenvalue weighted by Gasteiger charge is 2.12. The van der Waals surface area contributed by atoms with Crippen LogP contribution < -0.4 is 5.32 Å². The molecule has 0 fully saturated rings. The van der Waals surface area contributed by atoms with Crippen LogP contribution in [0.5, 0.6) is 0 Å². The molecule has 2 aromatic rings. The number of hydrogen-bond acceptors (Lipinski definition) is 6. The molecule has 0 radical (unpaired) electrons. The Kier molecular flexibility index (Phi) is 2.63. The molecule has 0 aliphatic rings. The van der Waals surface area contributed by atoms with Crippen molar-refractivity contribution in [3.05, 3.63) is 23.2 Å². The molecule has 0 spiro atoms. The summed E-state index contributed by atoms with van der Waals surface area (Å²) < 4.78 is 5.29. The Balaban J connectivity index is 1.95. The highest BCUT2D eigenvalue weighted by molar-refractivity contribution is 5.89. The molecule has 8 nitrogen and oxygen atoms in total. The van der Waals surface area contributed by atoms with Gasteiger partial charge in [-0.05, 0) is 19.1 Å². The van der Waals surface area contributed by atoms with Crippen LogP contribution in [0.1, 0.15) is 28.0 Å². The first-order valence-electron chi connectivity index (χ1n) is 4.61. The van der Waals surface area contributed by atoms with Gasteiger partial charge < -0.3 is 9.73 Å². The van der Waals surface area contributed by atoms with E-state index in [4.69, 9.17) is 4.42 Å². The quantitative estimate of drug-likeness (QED) is 0.740. The second kappa shape index (κ2) is 4.09. The number of carbonyl (C=O) groups is 1. The van der Waals surface area contributed by atoms with Gasteiger partial charge in [0.25, 0.3) is 11.7 Å². The van der Waals surface area contributed by atoms with Crippen molar-refractivity contribution in [2.45, 2.75) is 20.4 Å². The van der Waals surface area contributed by atoms with Crippen LogP contribution in [-0.4, -0.2) is 31.5 Å². The second-order valence-electron chi connectivity index (χ2n) is 3.17. The van der Waals surface area contributed by atoms with E-state index < -0.39 is 5.91 Å². The molecule has 2 N–H and O–H groups in total. The molecule has 2 rings (SSSR count). The molecule has 2 heterocycles. The van der Waals surface area contributed by atoms with E-state index in [1.165, 1.54) is 0 Å². The van der Waals surface area contributed by atoms with Gasteiger partial charge in [-0.25, -0.2) is 4.98 Å². The normalized spacial score (nSPS) is 10.4. The van der Waals surface area contributed by atoms with E-state index in [2.05, 4.69) is 30.9 Å². The summed E-state index contributed by atoms with van der Waals surface area (Å²) in [6.07, 6.45) is 0. The van der Waals surface area contributed by atoms with Crippen molar-refractivity contribution in [2.24, 2.45) is 0 Å². The minimum Gasteiger partial charge on any atom is -0.444 e. The summed E-state index contributed by atoms with van der Waals surface area (Å²) in [4.78, 5) is 15.5. The molecule has 1 amide bonds. The van der Waals surface area contributed by atoms with Gasteiger partial charge in [0.1, 0.15) is 5.76 Å². The molecular formula is C8H10N6O2. The van der Waals surface area contributed by atoms with E-state index in [1.807, 2.05) is 13.8 Å². The van der Waals surface area contributed by atoms with Gasteiger partial charge in [-0.15, -0.1) is 10.2 Å². The molecule has 0 saturated carbocycles. The van der Waals surface area contributed by atoms with Crippen LogP contribution >= 0.6 is 0 Å². The van der Waals surface area contributed by atoms with Crippen LogP contribution in [-0.2, 0) is 6.54 Å². The Morgan fingerprint density at radius 2 is 2.31 bits per heavy atom. The van der Waals surface area contributed by atoms with E-state index in [1.54, 1.807) is 0 Å². The summed E-state index contributed by atoms with van der Waals surface area (Å²) in [5, 5.41) is 15.1. The fourth-order valence-electron chi connectivity index (χ4n) is 1.11. The Morgan fingerprint density at radius 3 is 2.88 bits per heavy atom. The van der Waals surface area contributed by atoms with Crippen LogP contribution in [0.2, 0.25) is 0 Å². The van der Waals surface area contributed by atoms with Gasteiger partial charge in [0.05, 0.1) is 12.2 Å². The number of carbonyl (C=O) groups excluding carboxylic acids is 1. The highest BCUT2D eigenvalue weighted by Crippen LogP contribution is 2.07. The summed E-state index contributed by atoms with van der Waals surface area (Å²) in [6, 6.07) is 0. The zero-order valence-corrected chi connectivity index (χ0v) is 8.81. The molecule has 84 valence electrons. The zero-order chi connectivity index (χ0) is 11.5. The van der Waals surface area contributed by atoms with Crippen molar-refractivity contribution in [3.8, 4) is 0 Å². The van der Waals surface area contributed by atoms with Gasteiger partial charge in [-0.3, -0.25) is 4.79 Å². The summed E-state index contributed by atoms with van der Waals surface area (Å²) >= 11 is 0. The van der Waals surface area contributed by atoms with E-state index in [0.29, 0.717) is 5.89 Å². The summed E-state index contributed by atoms with van der Waals surface area (Å²) in [6.45, 7) is 3.85. The third kappa shape index (κ3) is 2.05. The Bertz CT molecular complexity index is 469. The molecular weight excluding hydrogens is 212 g/mol. The molecule has 0 bridgehead atoms. The second-order valence-corrected chi connectivity index (χ2v) is 3.17. The first-order chi connectivity index (χ1) is 7.66. The minimum atomic E-state index is -0.428. The molecule has 0 atom stereocenters. The molecule has 0 saturated heterocycles. The standard InChI is InChI=1S/C8H10N6O2/c1-4-5(2)16-6(10-4)3-9-8(15)7-11-13-14-12-7/h3H2,1-2H3,(H,9,15)(H,11,12,13,14). The van der Waals surface area contributed by atoms with Gasteiger partial charge in [0.2, 0.25) is 5.89 Å². The number of oxazole rings is 1. The fraction of sp³-hybridized carbons (Fsp3) is 0.375. The fourth-order valence-corrected chi connectivity index (χ4v) is 1.11. The Hall–Kier alpha value is -2.25. The number of aryl methyl sites for hydroxylation is 2. The van der Waals surface area contributed by atoms with E-state index >= 15 is 0 Å². The number of H-pyrrole nitrogens is 1. The monoisotopic (exact) mass is 222 g/mol. The maximum Gasteiger partial charge on any atom is 0.293 e. The van der Waals surface area contributed by atoms with E-state index in [0.717, 1.165) is 11.5 Å². The number of aromatic amines is 1. The third-order valence-electron chi connectivity index (χ3n) is 2.02. The average molecular weight is 222 g/mol. The van der Waals surface area contributed by atoms with Gasteiger partial charge in [0, 0.05) is 0 Å². The van der Waals surface area contributed by atoms with Gasteiger partial charge in [-0.1, -0.05) is 0 Å². The number of hydrogen-bond donors (Lipinski definition) is 2. The molecule has 16 heavy (non-hydrogen) atoms. The number of amides is 1. The van der Waals surface area contributed by atoms with Crippen molar-refractivity contribution in [1.29, 1.82) is 0 Å². The number of tetrazole rings is 1. The summed E-state index contributed by atoms with van der Waals surface area (Å²) in [7, 11) is 0. The lowest BCUT2D eigenvalue weighted by atomic mass is 10.4. The molecule has 0 aliphatic heterocycles. The maximum absolute atomic E-state index is 11.4. The van der Waals surface area contributed by atoms with Crippen LogP contribution in [0, 0.1) is 13.8 Å². The molecule has 0 aliphatic carbocycles. The largest absolute Gasteiger partial charge is 0.444 e. The van der Waals surface area contributed by atoms with Gasteiger partial charge in [-0.2, -0.15) is 5.21 Å². The molecule has 2 aromatic heterocycles. The van der Waals surface area contributed by atoms with Crippen molar-refractivity contribution in [2.75, 3.05) is 0 Å². The average Bonchev–Trinajstić information content (AvgIpc) is 2.86. The van der Waals surface area contributed by atoms with Crippen molar-refractivity contribution < 1.29 is 9.21 Å².